The summed E-state index contributed by atoms with van der Waals surface area (Å²) in [6, 6.07) is 0. The van der Waals surface area contributed by atoms with Crippen LogP contribution in [0, 0.1) is 17.8 Å². The fourth-order valence-electron chi connectivity index (χ4n) is 2.72. The third kappa shape index (κ3) is 3.18. The number of ether oxygens (including phenoxy) is 1. The van der Waals surface area contributed by atoms with Crippen molar-refractivity contribution in [2.45, 2.75) is 26.4 Å². The van der Waals surface area contributed by atoms with Gasteiger partial charge in [-0.05, 0) is 39.2 Å². The first-order valence-electron chi connectivity index (χ1n) is 6.69. The molecule has 0 saturated carbocycles. The molecule has 108 valence electrons. The molecule has 0 bridgehead atoms. The van der Waals surface area contributed by atoms with E-state index in [0.717, 1.165) is 6.54 Å². The third-order valence-corrected chi connectivity index (χ3v) is 3.75. The number of rotatable bonds is 2. The van der Waals surface area contributed by atoms with Gasteiger partial charge in [0, 0.05) is 19.6 Å². The Kier molecular flexibility index (Phi) is 3.71. The first-order valence-corrected chi connectivity index (χ1v) is 6.69. The van der Waals surface area contributed by atoms with Crippen LogP contribution in [0.15, 0.2) is 0 Å². The van der Waals surface area contributed by atoms with Crippen molar-refractivity contribution in [3.05, 3.63) is 0 Å². The largest absolute Gasteiger partial charge is 0.481 e. The van der Waals surface area contributed by atoms with E-state index in [1.807, 2.05) is 20.8 Å². The molecule has 2 unspecified atom stereocenters. The highest BCUT2D eigenvalue weighted by Gasteiger charge is 2.45. The van der Waals surface area contributed by atoms with Crippen molar-refractivity contribution in [2.24, 2.45) is 17.8 Å². The second-order valence-electron chi connectivity index (χ2n) is 6.41. The van der Waals surface area contributed by atoms with Crippen molar-refractivity contribution < 1.29 is 19.4 Å². The van der Waals surface area contributed by atoms with Gasteiger partial charge in [-0.1, -0.05) is 0 Å². The van der Waals surface area contributed by atoms with Crippen molar-refractivity contribution in [3.8, 4) is 0 Å². The van der Waals surface area contributed by atoms with Gasteiger partial charge in [0.15, 0.2) is 0 Å². The topological polar surface area (TPSA) is 78.9 Å². The highest BCUT2D eigenvalue weighted by atomic mass is 16.6. The van der Waals surface area contributed by atoms with E-state index in [4.69, 9.17) is 9.84 Å². The van der Waals surface area contributed by atoms with Crippen LogP contribution in [0.1, 0.15) is 20.8 Å². The molecule has 2 atom stereocenters. The summed E-state index contributed by atoms with van der Waals surface area (Å²) in [7, 11) is 0. The first kappa shape index (κ1) is 14.1. The smallest absolute Gasteiger partial charge is 0.410 e. The van der Waals surface area contributed by atoms with E-state index in [9.17, 15) is 9.59 Å². The van der Waals surface area contributed by atoms with Crippen LogP contribution in [0.25, 0.3) is 0 Å². The van der Waals surface area contributed by atoms with Gasteiger partial charge in [0.2, 0.25) is 0 Å². The predicted molar refractivity (Wildman–Crippen MR) is 68.8 cm³/mol. The molecule has 0 aromatic heterocycles. The van der Waals surface area contributed by atoms with E-state index < -0.39 is 11.6 Å². The SMILES string of the molecule is CC(C)(C)OC(=O)N1CC(C2CNCC2C(=O)O)C1. The first-order chi connectivity index (χ1) is 8.78. The molecule has 0 spiro atoms. The molecule has 2 N–H and O–H groups in total. The summed E-state index contributed by atoms with van der Waals surface area (Å²) in [4.78, 5) is 24.5. The fourth-order valence-corrected chi connectivity index (χ4v) is 2.72. The summed E-state index contributed by atoms with van der Waals surface area (Å²) in [5, 5.41) is 12.3. The lowest BCUT2D eigenvalue weighted by Crippen LogP contribution is -2.55. The molecule has 0 aromatic carbocycles. The fraction of sp³-hybridized carbons (Fsp3) is 0.846. The van der Waals surface area contributed by atoms with Gasteiger partial charge in [0.1, 0.15) is 5.60 Å². The molecule has 2 rings (SSSR count). The number of carboxylic acids is 1. The van der Waals surface area contributed by atoms with E-state index in [-0.39, 0.29) is 23.8 Å². The van der Waals surface area contributed by atoms with Crippen LogP contribution < -0.4 is 5.32 Å². The monoisotopic (exact) mass is 270 g/mol. The minimum Gasteiger partial charge on any atom is -0.481 e. The molecule has 19 heavy (non-hydrogen) atoms. The van der Waals surface area contributed by atoms with E-state index in [0.29, 0.717) is 19.6 Å². The summed E-state index contributed by atoms with van der Waals surface area (Å²) in [5.74, 6) is -0.684. The molecule has 2 heterocycles. The molecule has 2 fully saturated rings. The number of carbonyl (C=O) groups is 2. The van der Waals surface area contributed by atoms with E-state index >= 15 is 0 Å². The van der Waals surface area contributed by atoms with E-state index in [1.54, 1.807) is 4.90 Å². The van der Waals surface area contributed by atoms with Crippen LogP contribution in [0.5, 0.6) is 0 Å². The quantitative estimate of drug-likeness (QED) is 0.775. The molecule has 1 amide bonds. The third-order valence-electron chi connectivity index (χ3n) is 3.75. The molecule has 0 aliphatic carbocycles. The van der Waals surface area contributed by atoms with Crippen molar-refractivity contribution in [1.82, 2.24) is 10.2 Å². The summed E-state index contributed by atoms with van der Waals surface area (Å²) < 4.78 is 5.28. The predicted octanol–water partition coefficient (Wildman–Crippen LogP) is 0.773. The van der Waals surface area contributed by atoms with Crippen LogP contribution >= 0.6 is 0 Å². The molecule has 2 aliphatic rings. The average molecular weight is 270 g/mol. The normalized spacial score (nSPS) is 28.1. The Hall–Kier alpha value is -1.30. The Bertz CT molecular complexity index is 371. The van der Waals surface area contributed by atoms with Gasteiger partial charge < -0.3 is 20.1 Å². The van der Waals surface area contributed by atoms with Gasteiger partial charge in [0.25, 0.3) is 0 Å². The number of carboxylic acid groups (broad SMARTS) is 1. The van der Waals surface area contributed by atoms with E-state index in [2.05, 4.69) is 5.32 Å². The molecule has 2 saturated heterocycles. The number of aliphatic carboxylic acids is 1. The number of nitrogens with one attached hydrogen (secondary N) is 1. The second-order valence-corrected chi connectivity index (χ2v) is 6.41. The molecular weight excluding hydrogens is 248 g/mol. The maximum atomic E-state index is 11.8. The number of hydrogen-bond acceptors (Lipinski definition) is 4. The number of amides is 1. The Balaban J connectivity index is 1.83. The number of likely N-dealkylation sites (tertiary alicyclic amines) is 1. The minimum atomic E-state index is -0.745. The van der Waals surface area contributed by atoms with Crippen molar-refractivity contribution in [1.29, 1.82) is 0 Å². The van der Waals surface area contributed by atoms with Crippen LogP contribution in [0.2, 0.25) is 0 Å². The average Bonchev–Trinajstić information content (AvgIpc) is 2.60. The highest BCUT2D eigenvalue weighted by molar-refractivity contribution is 5.72. The van der Waals surface area contributed by atoms with Crippen LogP contribution in [-0.4, -0.2) is 53.8 Å². The zero-order valence-electron chi connectivity index (χ0n) is 11.7. The highest BCUT2D eigenvalue weighted by Crippen LogP contribution is 2.32. The van der Waals surface area contributed by atoms with Crippen molar-refractivity contribution in [3.63, 3.8) is 0 Å². The summed E-state index contributed by atoms with van der Waals surface area (Å²) in [5.41, 5.74) is -0.485. The van der Waals surface area contributed by atoms with Gasteiger partial charge >= 0.3 is 12.1 Å². The van der Waals surface area contributed by atoms with Crippen molar-refractivity contribution in [2.75, 3.05) is 26.2 Å². The Morgan fingerprint density at radius 2 is 1.89 bits per heavy atom. The summed E-state index contributed by atoms with van der Waals surface area (Å²) in [6.07, 6.45) is -0.304. The Morgan fingerprint density at radius 3 is 2.42 bits per heavy atom. The zero-order valence-corrected chi connectivity index (χ0v) is 11.7. The zero-order chi connectivity index (χ0) is 14.2. The van der Waals surface area contributed by atoms with Gasteiger partial charge in [0.05, 0.1) is 5.92 Å². The maximum absolute atomic E-state index is 11.8. The minimum absolute atomic E-state index is 0.121. The number of carbonyl (C=O) groups excluding carboxylic acids is 1. The van der Waals surface area contributed by atoms with Crippen LogP contribution in [0.4, 0.5) is 4.79 Å². The lowest BCUT2D eigenvalue weighted by molar-refractivity contribution is -0.143. The molecule has 0 radical (unpaired) electrons. The lowest BCUT2D eigenvalue weighted by atomic mass is 9.79. The Morgan fingerprint density at radius 1 is 1.26 bits per heavy atom. The second kappa shape index (κ2) is 5.00. The van der Waals surface area contributed by atoms with Gasteiger partial charge in [-0.25, -0.2) is 4.79 Å². The molecular formula is C13H22N2O4. The molecule has 6 heteroatoms. The molecule has 2 aliphatic heterocycles. The summed E-state index contributed by atoms with van der Waals surface area (Å²) in [6.45, 7) is 7.97. The van der Waals surface area contributed by atoms with E-state index in [1.165, 1.54) is 0 Å². The van der Waals surface area contributed by atoms with Crippen LogP contribution in [0.3, 0.4) is 0 Å². The lowest BCUT2D eigenvalue weighted by Gasteiger charge is -2.43. The Labute approximate surface area is 113 Å². The van der Waals surface area contributed by atoms with Gasteiger partial charge in [-0.3, -0.25) is 4.79 Å². The van der Waals surface area contributed by atoms with Crippen LogP contribution in [-0.2, 0) is 9.53 Å². The maximum Gasteiger partial charge on any atom is 0.410 e. The molecule has 0 aromatic rings. The number of hydrogen-bond donors (Lipinski definition) is 2. The standard InChI is InChI=1S/C13H22N2O4/c1-13(2,3)19-12(18)15-6-8(7-15)9-4-14-5-10(9)11(16)17/h8-10,14H,4-7H2,1-3H3,(H,16,17). The van der Waals surface area contributed by atoms with Gasteiger partial charge in [-0.15, -0.1) is 0 Å². The molecule has 6 nitrogen and oxygen atoms in total. The van der Waals surface area contributed by atoms with Crippen molar-refractivity contribution >= 4 is 12.1 Å². The number of nitrogens with zero attached hydrogens (tertiary/aromatic N) is 1. The van der Waals surface area contributed by atoms with Gasteiger partial charge in [-0.2, -0.15) is 0 Å². The summed E-state index contributed by atoms with van der Waals surface area (Å²) >= 11 is 0.